The second kappa shape index (κ2) is 9.21. The van der Waals surface area contributed by atoms with Crippen LogP contribution in [-0.2, 0) is 0 Å². The van der Waals surface area contributed by atoms with Gasteiger partial charge in [0.1, 0.15) is 0 Å². The molecular formula is C22H29N9O. The SMILES string of the molecule is CCC(CC)n1cc(-c2nc(C(C=NC3CN(C(=O)NC)C3)=CN)cn3nccc23)cn1. The van der Waals surface area contributed by atoms with Crippen molar-refractivity contribution < 1.29 is 4.79 Å². The zero-order valence-corrected chi connectivity index (χ0v) is 18.6. The normalized spacial score (nSPS) is 15.1. The first-order chi connectivity index (χ1) is 15.6. The summed E-state index contributed by atoms with van der Waals surface area (Å²) in [6.45, 7) is 5.49. The number of nitrogens with zero attached hydrogens (tertiary/aromatic N) is 7. The molecule has 0 unspecified atom stereocenters. The number of rotatable bonds is 7. The highest BCUT2D eigenvalue weighted by atomic mass is 16.2. The Morgan fingerprint density at radius 2 is 2.09 bits per heavy atom. The van der Waals surface area contributed by atoms with Crippen molar-refractivity contribution in [3.8, 4) is 11.3 Å². The zero-order chi connectivity index (χ0) is 22.7. The third-order valence-corrected chi connectivity index (χ3v) is 5.84. The first-order valence-electron chi connectivity index (χ1n) is 10.9. The van der Waals surface area contributed by atoms with Crippen LogP contribution in [0.3, 0.4) is 0 Å². The van der Waals surface area contributed by atoms with E-state index in [-0.39, 0.29) is 12.1 Å². The maximum Gasteiger partial charge on any atom is 0.317 e. The van der Waals surface area contributed by atoms with Crippen LogP contribution >= 0.6 is 0 Å². The number of likely N-dealkylation sites (tertiary alicyclic amines) is 1. The Morgan fingerprint density at radius 3 is 2.78 bits per heavy atom. The number of carbonyl (C=O) groups excluding carboxylic acids is 1. The number of allylic oxidation sites excluding steroid dienone is 1. The molecule has 0 aliphatic carbocycles. The predicted octanol–water partition coefficient (Wildman–Crippen LogP) is 2.35. The van der Waals surface area contributed by atoms with Crippen molar-refractivity contribution in [2.45, 2.75) is 38.8 Å². The Labute approximate surface area is 186 Å². The van der Waals surface area contributed by atoms with Gasteiger partial charge in [0.15, 0.2) is 0 Å². The van der Waals surface area contributed by atoms with Crippen molar-refractivity contribution in [1.82, 2.24) is 34.6 Å². The van der Waals surface area contributed by atoms with Gasteiger partial charge in [-0.3, -0.25) is 9.67 Å². The average Bonchev–Trinajstić information content (AvgIpc) is 3.45. The molecule has 4 heterocycles. The van der Waals surface area contributed by atoms with E-state index in [4.69, 9.17) is 10.7 Å². The minimum Gasteiger partial charge on any atom is -0.404 e. The lowest BCUT2D eigenvalue weighted by Crippen LogP contribution is -2.55. The summed E-state index contributed by atoms with van der Waals surface area (Å²) in [6.07, 6.45) is 12.7. The summed E-state index contributed by atoms with van der Waals surface area (Å²) in [7, 11) is 1.62. The first-order valence-corrected chi connectivity index (χ1v) is 10.9. The van der Waals surface area contributed by atoms with E-state index in [2.05, 4.69) is 34.4 Å². The molecule has 0 atom stereocenters. The van der Waals surface area contributed by atoms with Crippen LogP contribution in [0.15, 0.2) is 42.0 Å². The fourth-order valence-electron chi connectivity index (χ4n) is 3.86. The highest BCUT2D eigenvalue weighted by Gasteiger charge is 2.29. The van der Waals surface area contributed by atoms with E-state index in [9.17, 15) is 4.79 Å². The molecule has 0 saturated carbocycles. The number of aromatic nitrogens is 5. The largest absolute Gasteiger partial charge is 0.404 e. The molecule has 3 aromatic heterocycles. The van der Waals surface area contributed by atoms with Gasteiger partial charge < -0.3 is 16.0 Å². The monoisotopic (exact) mass is 435 g/mol. The fraction of sp³-hybridized carbons (Fsp3) is 0.409. The Kier molecular flexibility index (Phi) is 6.20. The summed E-state index contributed by atoms with van der Waals surface area (Å²) in [4.78, 5) is 22.8. The molecule has 2 amide bonds. The quantitative estimate of drug-likeness (QED) is 0.552. The molecule has 1 aliphatic rings. The van der Waals surface area contributed by atoms with Crippen molar-refractivity contribution in [1.29, 1.82) is 0 Å². The standard InChI is InChI=1S/C22H29N9O/c1-4-18(5-2)30-11-16(10-27-30)21-20-6-7-26-31(20)14-19(28-21)15(8-23)9-25-17-12-29(13-17)22(32)24-3/h6-11,14,17-18H,4-5,12-13,23H2,1-3H3,(H,24,32). The van der Waals surface area contributed by atoms with Crippen molar-refractivity contribution in [3.63, 3.8) is 0 Å². The van der Waals surface area contributed by atoms with E-state index in [1.807, 2.05) is 29.3 Å². The predicted molar refractivity (Wildman–Crippen MR) is 124 cm³/mol. The molecule has 10 heteroatoms. The number of hydrogen-bond donors (Lipinski definition) is 2. The van der Waals surface area contributed by atoms with Crippen LogP contribution in [0.4, 0.5) is 4.79 Å². The van der Waals surface area contributed by atoms with Crippen LogP contribution in [0.2, 0.25) is 0 Å². The molecule has 0 radical (unpaired) electrons. The Hall–Kier alpha value is -3.69. The number of nitrogens with one attached hydrogen (secondary N) is 1. The summed E-state index contributed by atoms with van der Waals surface area (Å²) >= 11 is 0. The van der Waals surface area contributed by atoms with Crippen LogP contribution in [0.25, 0.3) is 22.3 Å². The van der Waals surface area contributed by atoms with Gasteiger partial charge in [-0.15, -0.1) is 0 Å². The molecule has 4 rings (SSSR count). The van der Waals surface area contributed by atoms with E-state index >= 15 is 0 Å². The molecule has 3 aromatic rings. The fourth-order valence-corrected chi connectivity index (χ4v) is 3.86. The van der Waals surface area contributed by atoms with Crippen LogP contribution in [0, 0.1) is 0 Å². The van der Waals surface area contributed by atoms with E-state index < -0.39 is 0 Å². The molecule has 168 valence electrons. The molecular weight excluding hydrogens is 406 g/mol. The molecule has 1 aliphatic heterocycles. The molecule has 1 saturated heterocycles. The second-order valence-electron chi connectivity index (χ2n) is 7.83. The summed E-state index contributed by atoms with van der Waals surface area (Å²) in [5.41, 5.74) is 9.89. The average molecular weight is 436 g/mol. The van der Waals surface area contributed by atoms with E-state index in [1.165, 1.54) is 6.20 Å². The second-order valence-corrected chi connectivity index (χ2v) is 7.83. The summed E-state index contributed by atoms with van der Waals surface area (Å²) in [5, 5.41) is 11.6. The maximum absolute atomic E-state index is 11.6. The Bertz CT molecular complexity index is 1150. The topological polar surface area (TPSA) is 119 Å². The van der Waals surface area contributed by atoms with Crippen molar-refractivity contribution >= 4 is 23.3 Å². The lowest BCUT2D eigenvalue weighted by atomic mass is 10.1. The highest BCUT2D eigenvalue weighted by Crippen LogP contribution is 2.26. The molecule has 0 aromatic carbocycles. The van der Waals surface area contributed by atoms with Crippen molar-refractivity contribution in [2.75, 3.05) is 20.1 Å². The van der Waals surface area contributed by atoms with Gasteiger partial charge in [-0.05, 0) is 18.9 Å². The third-order valence-electron chi connectivity index (χ3n) is 5.84. The van der Waals surface area contributed by atoms with Gasteiger partial charge in [0.05, 0.1) is 47.6 Å². The zero-order valence-electron chi connectivity index (χ0n) is 18.6. The summed E-state index contributed by atoms with van der Waals surface area (Å²) in [6, 6.07) is 2.25. The highest BCUT2D eigenvalue weighted by molar-refractivity contribution is 6.09. The van der Waals surface area contributed by atoms with Crippen molar-refractivity contribution in [3.05, 3.63) is 42.7 Å². The third kappa shape index (κ3) is 4.08. The lowest BCUT2D eigenvalue weighted by molar-refractivity contribution is 0.155. The van der Waals surface area contributed by atoms with E-state index in [1.54, 1.807) is 28.9 Å². The van der Waals surface area contributed by atoms with E-state index in [0.29, 0.717) is 30.4 Å². The Balaban J connectivity index is 1.61. The van der Waals surface area contributed by atoms with Crippen LogP contribution in [0.1, 0.15) is 38.4 Å². The number of fused-ring (bicyclic) bond motifs is 1. The summed E-state index contributed by atoms with van der Waals surface area (Å²) in [5.74, 6) is 0. The van der Waals surface area contributed by atoms with Gasteiger partial charge in [0.25, 0.3) is 0 Å². The molecule has 3 N–H and O–H groups in total. The summed E-state index contributed by atoms with van der Waals surface area (Å²) < 4.78 is 3.80. The smallest absolute Gasteiger partial charge is 0.317 e. The number of nitrogens with two attached hydrogens (primary N) is 1. The van der Waals surface area contributed by atoms with Crippen LogP contribution < -0.4 is 11.1 Å². The van der Waals surface area contributed by atoms with Gasteiger partial charge in [0.2, 0.25) is 0 Å². The van der Waals surface area contributed by atoms with Gasteiger partial charge >= 0.3 is 6.03 Å². The number of amides is 2. The minimum atomic E-state index is -0.0876. The lowest BCUT2D eigenvalue weighted by Gasteiger charge is -2.36. The maximum atomic E-state index is 11.6. The Morgan fingerprint density at radius 1 is 1.31 bits per heavy atom. The van der Waals surface area contributed by atoms with Gasteiger partial charge in [0, 0.05) is 49.9 Å². The van der Waals surface area contributed by atoms with E-state index in [0.717, 1.165) is 29.6 Å². The number of aliphatic imine (C=N–C) groups is 1. The van der Waals surface area contributed by atoms with Gasteiger partial charge in [-0.2, -0.15) is 10.2 Å². The molecule has 32 heavy (non-hydrogen) atoms. The first kappa shape index (κ1) is 21.5. The number of urea groups is 1. The minimum absolute atomic E-state index is 0.0495. The number of carbonyl (C=O) groups is 1. The van der Waals surface area contributed by atoms with Crippen molar-refractivity contribution in [2.24, 2.45) is 10.7 Å². The van der Waals surface area contributed by atoms with Gasteiger partial charge in [-0.1, -0.05) is 13.8 Å². The van der Waals surface area contributed by atoms with Crippen LogP contribution in [-0.4, -0.2) is 67.7 Å². The molecule has 0 spiro atoms. The molecule has 1 fully saturated rings. The van der Waals surface area contributed by atoms with Crippen LogP contribution in [0.5, 0.6) is 0 Å². The molecule has 10 nitrogen and oxygen atoms in total. The molecule has 0 bridgehead atoms. The number of hydrogen-bond acceptors (Lipinski definition) is 6. The van der Waals surface area contributed by atoms with Gasteiger partial charge in [-0.25, -0.2) is 14.3 Å².